The van der Waals surface area contributed by atoms with Crippen LogP contribution >= 0.6 is 0 Å². The Morgan fingerprint density at radius 1 is 0.267 bits per heavy atom. The molecule has 17 aromatic rings. The number of hydrogen-bond donors (Lipinski definition) is 0. The number of fused-ring (bicyclic) bond motifs is 14. The first kappa shape index (κ1) is 91.1. The molecular weight excluding hydrogens is 1790 g/mol. The van der Waals surface area contributed by atoms with Crippen molar-refractivity contribution in [3.63, 3.8) is 0 Å². The third-order valence-electron chi connectivity index (χ3n) is 32.1. The normalized spacial score (nSPS) is 15.8. The SMILES string of the molecule is C#Cc1cc(C(C)C)c(N2C(=O)c3cc(Oc4ccc(C(C)(C)C)cc4)c4c5c(c(Oc6ccc(C(C)(C)C)cc6)cc(c35)C2=O)C2=CC=C3c5cc6cc7c(cc6cc5C5=CC=C4C2C53)C=Cc2cc3cc4c(cc3cc2C=C7)-c2ccc3c5c(Oc6ccc(C(C)(C)C)cc6)cc6c7c(cc(Oc8ccc(C(C)(C)C)cc8)c(c8ccc-4c2c83)c75)C(=O)N(c2c(C(C)C)cc(C#C)cc2C(C)C)C6=O)c(C(C)C)c1. The molecule has 0 aromatic heterocycles. The second-order valence-electron chi connectivity index (χ2n) is 46.6. The highest BCUT2D eigenvalue weighted by atomic mass is 16.5. The average Bonchev–Trinajstić information content (AvgIpc) is 1.25. The largest absolute Gasteiger partial charge is 0.457 e. The Morgan fingerprint density at radius 3 is 0.829 bits per heavy atom. The predicted molar refractivity (Wildman–Crippen MR) is 602 cm³/mol. The van der Waals surface area contributed by atoms with Crippen LogP contribution in [0.4, 0.5) is 11.4 Å². The molecule has 0 unspecified atom stereocenters. The van der Waals surface area contributed by atoms with E-state index in [0.717, 1.165) is 171 Å². The molecule has 0 saturated heterocycles. The minimum Gasteiger partial charge on any atom is -0.457 e. The Hall–Kier alpha value is -16.1. The molecule has 25 rings (SSSR count). The van der Waals surface area contributed by atoms with Gasteiger partial charge in [-0.2, -0.15) is 0 Å². The van der Waals surface area contributed by atoms with Crippen molar-refractivity contribution in [2.24, 2.45) is 11.8 Å². The van der Waals surface area contributed by atoms with E-state index in [0.29, 0.717) is 107 Å². The topological polar surface area (TPSA) is 112 Å². The molecule has 0 atom stereocenters. The van der Waals surface area contributed by atoms with E-state index in [4.69, 9.17) is 31.8 Å². The van der Waals surface area contributed by atoms with E-state index in [1.807, 2.05) is 97.1 Å². The Bertz CT molecular complexity index is 8660. The van der Waals surface area contributed by atoms with Gasteiger partial charge in [0.15, 0.2) is 0 Å². The lowest BCUT2D eigenvalue weighted by atomic mass is 9.62. The van der Waals surface area contributed by atoms with E-state index >= 15 is 19.2 Å². The number of carbonyl (C=O) groups is 4. The minimum atomic E-state index is -0.449. The van der Waals surface area contributed by atoms with Crippen LogP contribution in [0.25, 0.3) is 144 Å². The van der Waals surface area contributed by atoms with Gasteiger partial charge in [-0.05, 0) is 356 Å². The smallest absolute Gasteiger partial charge is 0.266 e. The molecule has 8 aliphatic rings. The molecule has 2 heterocycles. The van der Waals surface area contributed by atoms with Crippen LogP contribution in [0.3, 0.4) is 0 Å². The Morgan fingerprint density at radius 2 is 0.534 bits per heavy atom. The van der Waals surface area contributed by atoms with Crippen LogP contribution in [0.5, 0.6) is 46.0 Å². The number of allylic oxidation sites excluding steroid dienone is 8. The maximum atomic E-state index is 16.4. The summed E-state index contributed by atoms with van der Waals surface area (Å²) in [5.74, 6) is 7.56. The number of rotatable bonds is 14. The number of ether oxygens (including phenoxy) is 4. The van der Waals surface area contributed by atoms with Crippen LogP contribution in [0.15, 0.2) is 243 Å². The summed E-state index contributed by atoms with van der Waals surface area (Å²) < 4.78 is 29.6. The number of carbonyl (C=O) groups excluding carboxylic acids is 4. The number of benzene rings is 17. The fourth-order valence-corrected chi connectivity index (χ4v) is 24.6. The molecular formula is C136H112N2O8. The van der Waals surface area contributed by atoms with Crippen molar-refractivity contribution >= 4 is 157 Å². The molecule has 2 aliphatic heterocycles. The molecule has 0 fully saturated rings. The summed E-state index contributed by atoms with van der Waals surface area (Å²) in [5.41, 5.74) is 28.5. The quantitative estimate of drug-likeness (QED) is 0.0458. The van der Waals surface area contributed by atoms with Gasteiger partial charge in [0.25, 0.3) is 23.6 Å². The zero-order valence-corrected chi connectivity index (χ0v) is 86.2. The van der Waals surface area contributed by atoms with E-state index in [2.05, 4.69) is 320 Å². The lowest BCUT2D eigenvalue weighted by molar-refractivity contribution is 0.0877. The molecule has 0 bridgehead atoms. The van der Waals surface area contributed by atoms with Gasteiger partial charge in [-0.3, -0.25) is 19.2 Å². The second kappa shape index (κ2) is 32.2. The third kappa shape index (κ3) is 13.8. The maximum Gasteiger partial charge on any atom is 0.266 e. The van der Waals surface area contributed by atoms with E-state index in [1.165, 1.54) is 32.1 Å². The molecule has 6 aliphatic carbocycles. The summed E-state index contributed by atoms with van der Waals surface area (Å²) in [5, 5.41) is 12.5. The maximum absolute atomic E-state index is 16.4. The van der Waals surface area contributed by atoms with Crippen LogP contribution in [0.1, 0.15) is 304 Å². The molecule has 10 heteroatoms. The highest BCUT2D eigenvalue weighted by molar-refractivity contribution is 6.46. The number of hydrogen-bond acceptors (Lipinski definition) is 8. The van der Waals surface area contributed by atoms with Gasteiger partial charge in [0.2, 0.25) is 0 Å². The fourth-order valence-electron chi connectivity index (χ4n) is 24.6. The summed E-state index contributed by atoms with van der Waals surface area (Å²) >= 11 is 0. The zero-order chi connectivity index (χ0) is 101. The first-order valence-electron chi connectivity index (χ1n) is 51.4. The molecule has 4 amide bonds. The van der Waals surface area contributed by atoms with Gasteiger partial charge in [0.05, 0.1) is 33.6 Å². The van der Waals surface area contributed by atoms with Crippen LogP contribution in [0, 0.1) is 36.5 Å². The van der Waals surface area contributed by atoms with E-state index in [1.54, 1.807) is 0 Å². The van der Waals surface area contributed by atoms with Gasteiger partial charge in [0.1, 0.15) is 46.0 Å². The first-order valence-corrected chi connectivity index (χ1v) is 51.4. The summed E-state index contributed by atoms with van der Waals surface area (Å²) in [6.45, 7) is 43.0. The van der Waals surface area contributed by atoms with Crippen molar-refractivity contribution in [1.82, 2.24) is 0 Å². The van der Waals surface area contributed by atoms with Gasteiger partial charge in [0, 0.05) is 66.4 Å². The Kier molecular flexibility index (Phi) is 20.1. The van der Waals surface area contributed by atoms with Gasteiger partial charge in [-0.15, -0.1) is 12.8 Å². The average molecular weight is 1900 g/mol. The number of amides is 4. The van der Waals surface area contributed by atoms with Crippen LogP contribution in [-0.4, -0.2) is 23.6 Å². The fraction of sp³-hybridized carbons (Fsp3) is 0.221. The Labute approximate surface area is 852 Å². The number of anilines is 2. The van der Waals surface area contributed by atoms with Crippen molar-refractivity contribution in [3.05, 3.63) is 365 Å². The van der Waals surface area contributed by atoms with E-state index < -0.39 is 23.6 Å². The first-order chi connectivity index (χ1) is 69.7. The number of imide groups is 2. The van der Waals surface area contributed by atoms with Gasteiger partial charge >= 0.3 is 0 Å². The summed E-state index contributed by atoms with van der Waals surface area (Å²) in [7, 11) is 0. The molecule has 17 aromatic carbocycles. The third-order valence-corrected chi connectivity index (χ3v) is 32.1. The minimum absolute atomic E-state index is 0.106. The molecule has 714 valence electrons. The van der Waals surface area contributed by atoms with E-state index in [-0.39, 0.29) is 57.2 Å². The van der Waals surface area contributed by atoms with Crippen molar-refractivity contribution in [1.29, 1.82) is 0 Å². The molecule has 146 heavy (non-hydrogen) atoms. The van der Waals surface area contributed by atoms with Gasteiger partial charge < -0.3 is 18.9 Å². The van der Waals surface area contributed by atoms with Crippen molar-refractivity contribution in [2.75, 3.05) is 9.80 Å². The predicted octanol–water partition coefficient (Wildman–Crippen LogP) is 35.4. The molecule has 0 N–H and O–H groups in total. The zero-order valence-electron chi connectivity index (χ0n) is 86.2. The lowest BCUT2D eigenvalue weighted by Gasteiger charge is -2.42. The van der Waals surface area contributed by atoms with Gasteiger partial charge in [-0.25, -0.2) is 9.80 Å². The van der Waals surface area contributed by atoms with Crippen molar-refractivity contribution in [3.8, 4) is 92.9 Å². The Balaban J connectivity index is 0.618. The number of terminal acetylenes is 2. The number of nitrogens with zero attached hydrogens (tertiary/aromatic N) is 2. The lowest BCUT2D eigenvalue weighted by Crippen LogP contribution is -2.42. The van der Waals surface area contributed by atoms with Crippen molar-refractivity contribution in [2.45, 2.75) is 184 Å². The molecule has 10 nitrogen and oxygen atoms in total. The standard InChI is InChI=1S/C136H112N2O8/c1-23-73-53-99(69(3)4)127(100(54-73)70(5)6)137-129(139)107-65-111(143-87-37-29-83(30-38-87)133(11,12)13)121-95-49-45-91-103-61-79-57-75-25-27-77-59-81-63-105-93-47-51-97-118-98(52-48-94(116(93)118)106(105)64-82(81)60-78(77)28-26-76(75)58-80(79)62-104(103)92-46-50-96(117(95)115(91)92)122-112(66-108(130(137)140)119(107)125(121)122)144-88-39-31-84(32-40-88)134(14,15)16)124-114(146-90-43-35-86(36-44-90)136(20,21)22)68-110-120-109(67-113(123(97)126(120)124)145-89-41-33-85(34-42-89)135(17,18)19)131(141)138(132(110)142)128-101(71(7)8)55-74(24-2)56-102(128)72(9)10/h1-2,25-72,115,117H,3-22H3. The highest BCUT2D eigenvalue weighted by Crippen LogP contribution is 2.67. The summed E-state index contributed by atoms with van der Waals surface area (Å²) in [6, 6.07) is 76.4. The molecule has 0 saturated carbocycles. The van der Waals surface area contributed by atoms with Gasteiger partial charge in [-0.1, -0.05) is 272 Å². The van der Waals surface area contributed by atoms with Crippen LogP contribution < -0.4 is 28.7 Å². The second-order valence-corrected chi connectivity index (χ2v) is 46.6. The summed E-state index contributed by atoms with van der Waals surface area (Å²) in [6.07, 6.45) is 30.7. The van der Waals surface area contributed by atoms with Crippen LogP contribution in [-0.2, 0) is 21.7 Å². The molecule has 0 radical (unpaired) electrons. The molecule has 0 spiro atoms. The highest BCUT2D eigenvalue weighted by Gasteiger charge is 2.52. The van der Waals surface area contributed by atoms with Crippen molar-refractivity contribution < 1.29 is 38.1 Å². The van der Waals surface area contributed by atoms with Crippen LogP contribution in [0.2, 0.25) is 0 Å². The van der Waals surface area contributed by atoms with E-state index in [9.17, 15) is 0 Å². The summed E-state index contributed by atoms with van der Waals surface area (Å²) in [4.78, 5) is 68.3. The monoisotopic (exact) mass is 1900 g/mol.